The molecule has 4 heterocycles. The van der Waals surface area contributed by atoms with Gasteiger partial charge in [0.2, 0.25) is 0 Å². The molecule has 0 N–H and O–H groups in total. The van der Waals surface area contributed by atoms with E-state index in [1.54, 1.807) is 0 Å². The van der Waals surface area contributed by atoms with Gasteiger partial charge in [0.15, 0.2) is 0 Å². The van der Waals surface area contributed by atoms with Crippen LogP contribution in [0.25, 0.3) is 99.9 Å². The molecule has 4 nitrogen and oxygen atoms in total. The first-order valence-electron chi connectivity index (χ1n) is 19.0. The van der Waals surface area contributed by atoms with Crippen molar-refractivity contribution in [1.82, 2.24) is 19.1 Å². The van der Waals surface area contributed by atoms with Crippen LogP contribution in [0.5, 0.6) is 0 Å². The highest BCUT2D eigenvalue weighted by atomic mass is 15.0. The average molecular weight is 715 g/mol. The van der Waals surface area contributed by atoms with E-state index in [-0.39, 0.29) is 0 Å². The Kier molecular flexibility index (Phi) is 7.46. The fourth-order valence-electron chi connectivity index (χ4n) is 8.31. The summed E-state index contributed by atoms with van der Waals surface area (Å²) in [5, 5.41) is 3.60. The molecular weight excluding hydrogens is 681 g/mol. The lowest BCUT2D eigenvalue weighted by atomic mass is 10.00. The second kappa shape index (κ2) is 13.1. The van der Waals surface area contributed by atoms with Gasteiger partial charge in [-0.3, -0.25) is 4.98 Å². The lowest BCUT2D eigenvalue weighted by Crippen LogP contribution is -1.95. The van der Waals surface area contributed by atoms with Gasteiger partial charge < -0.3 is 9.13 Å². The minimum absolute atomic E-state index is 0.944. The highest BCUT2D eigenvalue weighted by Gasteiger charge is 2.17. The Hall–Kier alpha value is -7.56. The van der Waals surface area contributed by atoms with Crippen LogP contribution in [-0.2, 0) is 0 Å². The van der Waals surface area contributed by atoms with Gasteiger partial charge in [0.25, 0.3) is 0 Å². The monoisotopic (exact) mass is 714 g/mol. The Labute approximate surface area is 324 Å². The van der Waals surface area contributed by atoms with Crippen LogP contribution in [0.2, 0.25) is 0 Å². The van der Waals surface area contributed by atoms with Crippen molar-refractivity contribution in [2.45, 2.75) is 0 Å². The van der Waals surface area contributed by atoms with E-state index in [4.69, 9.17) is 9.97 Å². The fraction of sp³-hybridized carbons (Fsp3) is 0. The number of fused-ring (bicyclic) bond motifs is 6. The largest absolute Gasteiger partial charge is 0.309 e. The van der Waals surface area contributed by atoms with Gasteiger partial charge in [-0.25, -0.2) is 4.98 Å². The first-order valence-corrected chi connectivity index (χ1v) is 19.0. The number of pyridine rings is 2. The summed E-state index contributed by atoms with van der Waals surface area (Å²) in [7, 11) is 0. The van der Waals surface area contributed by atoms with Gasteiger partial charge in [0.1, 0.15) is 0 Å². The molecule has 0 radical (unpaired) electrons. The number of hydrogen-bond donors (Lipinski definition) is 0. The van der Waals surface area contributed by atoms with Crippen LogP contribution in [0.4, 0.5) is 0 Å². The van der Waals surface area contributed by atoms with Crippen molar-refractivity contribution >= 4 is 43.7 Å². The molecule has 0 aliphatic heterocycles. The standard InChI is InChI=1S/C52H34N4/c1-4-13-35(14-5-1)40-31-46(36-15-6-2-7-16-36)54-47(32-40)37-22-26-42(27-23-37)55-48-20-11-10-19-43(48)44-28-24-38(33-50(44)55)39-25-29-45-51(34-39)56(41-17-8-3-9-18-41)49-21-12-30-53-52(45)49/h1-34H. The highest BCUT2D eigenvalue weighted by Crippen LogP contribution is 2.38. The minimum atomic E-state index is 0.944. The Morgan fingerprint density at radius 2 is 0.804 bits per heavy atom. The van der Waals surface area contributed by atoms with Crippen molar-refractivity contribution < 1.29 is 0 Å². The Balaban J connectivity index is 1.04. The molecule has 0 aliphatic rings. The van der Waals surface area contributed by atoms with Crippen LogP contribution < -0.4 is 0 Å². The molecule has 0 aliphatic carbocycles. The van der Waals surface area contributed by atoms with E-state index < -0.39 is 0 Å². The maximum atomic E-state index is 5.19. The molecule has 11 aromatic rings. The van der Waals surface area contributed by atoms with E-state index in [0.29, 0.717) is 0 Å². The summed E-state index contributed by atoms with van der Waals surface area (Å²) in [4.78, 5) is 9.99. The molecule has 0 unspecified atom stereocenters. The second-order valence-electron chi connectivity index (χ2n) is 14.3. The van der Waals surface area contributed by atoms with Gasteiger partial charge in [-0.1, -0.05) is 127 Å². The molecule has 0 fully saturated rings. The number of aromatic nitrogens is 4. The molecule has 0 spiro atoms. The van der Waals surface area contributed by atoms with Crippen LogP contribution in [0.1, 0.15) is 0 Å². The summed E-state index contributed by atoms with van der Waals surface area (Å²) < 4.78 is 4.72. The number of para-hydroxylation sites is 2. The Morgan fingerprint density at radius 1 is 0.304 bits per heavy atom. The van der Waals surface area contributed by atoms with E-state index in [0.717, 1.165) is 78.0 Å². The average Bonchev–Trinajstić information content (AvgIpc) is 3.79. The molecule has 7 aromatic carbocycles. The first-order chi connectivity index (χ1) is 27.8. The number of rotatable bonds is 6. The van der Waals surface area contributed by atoms with E-state index in [1.165, 1.54) is 21.9 Å². The molecule has 0 atom stereocenters. The van der Waals surface area contributed by atoms with Crippen LogP contribution in [0, 0.1) is 0 Å². The second-order valence-corrected chi connectivity index (χ2v) is 14.3. The summed E-state index contributed by atoms with van der Waals surface area (Å²) in [6, 6.07) is 71.3. The van der Waals surface area contributed by atoms with Crippen molar-refractivity contribution in [3.05, 3.63) is 206 Å². The maximum Gasteiger partial charge on any atom is 0.0963 e. The van der Waals surface area contributed by atoms with Gasteiger partial charge in [0, 0.05) is 44.9 Å². The SMILES string of the molecule is c1ccc(-c2cc(-c3ccccc3)nc(-c3ccc(-n4c5ccccc5c5ccc(-c6ccc7c8ncccc8n(-c8ccccc8)c7c6)cc54)cc3)c2)cc1. The van der Waals surface area contributed by atoms with Gasteiger partial charge >= 0.3 is 0 Å². The molecule has 56 heavy (non-hydrogen) atoms. The quantitative estimate of drug-likeness (QED) is 0.172. The van der Waals surface area contributed by atoms with Crippen molar-refractivity contribution in [3.8, 4) is 56.1 Å². The van der Waals surface area contributed by atoms with Crippen LogP contribution in [0.3, 0.4) is 0 Å². The smallest absolute Gasteiger partial charge is 0.0963 e. The topological polar surface area (TPSA) is 35.6 Å². The summed E-state index contributed by atoms with van der Waals surface area (Å²) in [6.07, 6.45) is 1.88. The summed E-state index contributed by atoms with van der Waals surface area (Å²) in [5.74, 6) is 0. The predicted octanol–water partition coefficient (Wildman–Crippen LogP) is 13.3. The third-order valence-corrected chi connectivity index (χ3v) is 11.0. The zero-order valence-corrected chi connectivity index (χ0v) is 30.4. The lowest BCUT2D eigenvalue weighted by Gasteiger charge is -2.12. The van der Waals surface area contributed by atoms with Gasteiger partial charge in [0.05, 0.1) is 39.0 Å². The van der Waals surface area contributed by atoms with Gasteiger partial charge in [-0.15, -0.1) is 0 Å². The predicted molar refractivity (Wildman–Crippen MR) is 232 cm³/mol. The molecule has 4 heteroatoms. The zero-order chi connectivity index (χ0) is 37.0. The van der Waals surface area contributed by atoms with E-state index in [1.807, 2.05) is 18.3 Å². The maximum absolute atomic E-state index is 5.19. The third-order valence-electron chi connectivity index (χ3n) is 11.0. The van der Waals surface area contributed by atoms with Crippen LogP contribution >= 0.6 is 0 Å². The summed E-state index contributed by atoms with van der Waals surface area (Å²) >= 11 is 0. The molecule has 0 saturated heterocycles. The molecule has 0 amide bonds. The van der Waals surface area contributed by atoms with Crippen LogP contribution in [-0.4, -0.2) is 19.1 Å². The Bertz CT molecular complexity index is 3160. The fourth-order valence-corrected chi connectivity index (χ4v) is 8.31. The normalized spacial score (nSPS) is 11.6. The van der Waals surface area contributed by atoms with E-state index >= 15 is 0 Å². The third kappa shape index (κ3) is 5.31. The molecule has 4 aromatic heterocycles. The molecule has 11 rings (SSSR count). The van der Waals surface area contributed by atoms with Crippen LogP contribution in [0.15, 0.2) is 206 Å². The number of hydrogen-bond acceptors (Lipinski definition) is 2. The summed E-state index contributed by atoms with van der Waals surface area (Å²) in [5.41, 5.74) is 16.5. The van der Waals surface area contributed by atoms with Crippen molar-refractivity contribution in [3.63, 3.8) is 0 Å². The molecule has 0 bridgehead atoms. The Morgan fingerprint density at radius 3 is 1.52 bits per heavy atom. The minimum Gasteiger partial charge on any atom is -0.309 e. The van der Waals surface area contributed by atoms with Gasteiger partial charge in [-0.05, 0) is 95.1 Å². The van der Waals surface area contributed by atoms with E-state index in [9.17, 15) is 0 Å². The van der Waals surface area contributed by atoms with Crippen molar-refractivity contribution in [2.75, 3.05) is 0 Å². The summed E-state index contributed by atoms with van der Waals surface area (Å²) in [6.45, 7) is 0. The molecular formula is C52H34N4. The first kappa shape index (κ1) is 31.9. The molecule has 0 saturated carbocycles. The van der Waals surface area contributed by atoms with Crippen molar-refractivity contribution in [1.29, 1.82) is 0 Å². The van der Waals surface area contributed by atoms with Gasteiger partial charge in [-0.2, -0.15) is 0 Å². The van der Waals surface area contributed by atoms with E-state index in [2.05, 4.69) is 197 Å². The van der Waals surface area contributed by atoms with Crippen molar-refractivity contribution in [2.24, 2.45) is 0 Å². The number of nitrogens with zero attached hydrogens (tertiary/aromatic N) is 4. The molecule has 262 valence electrons. The zero-order valence-electron chi connectivity index (χ0n) is 30.4. The highest BCUT2D eigenvalue weighted by molar-refractivity contribution is 6.11. The lowest BCUT2D eigenvalue weighted by molar-refractivity contribution is 1.17. The number of benzene rings is 7.